The quantitative estimate of drug-likeness (QED) is 0.601. The van der Waals surface area contributed by atoms with Crippen molar-refractivity contribution in [2.45, 2.75) is 20.8 Å². The molecule has 2 aromatic rings. The highest BCUT2D eigenvalue weighted by atomic mass is 32.2. The third-order valence-corrected chi connectivity index (χ3v) is 5.06. The van der Waals surface area contributed by atoms with Crippen LogP contribution < -0.4 is 9.62 Å². The molecule has 0 bridgehead atoms. The molecule has 27 heavy (non-hydrogen) atoms. The predicted octanol–water partition coefficient (Wildman–Crippen LogP) is 2.92. The summed E-state index contributed by atoms with van der Waals surface area (Å²) in [5.41, 5.74) is 2.53. The van der Waals surface area contributed by atoms with Gasteiger partial charge in [0.2, 0.25) is 15.9 Å². The molecule has 0 aliphatic rings. The van der Waals surface area contributed by atoms with Crippen LogP contribution in [0.5, 0.6) is 0 Å². The lowest BCUT2D eigenvalue weighted by atomic mass is 10.1. The van der Waals surface area contributed by atoms with E-state index < -0.39 is 27.4 Å². The number of rotatable bonds is 6. The number of sulfonamides is 1. The third kappa shape index (κ3) is 5.04. The molecule has 8 nitrogen and oxygen atoms in total. The predicted molar refractivity (Wildman–Crippen MR) is 105 cm³/mol. The fourth-order valence-corrected chi connectivity index (χ4v) is 3.75. The Hall–Kier alpha value is -2.94. The Morgan fingerprint density at radius 1 is 1.15 bits per heavy atom. The molecule has 0 atom stereocenters. The molecule has 0 aliphatic heterocycles. The first-order chi connectivity index (χ1) is 12.5. The van der Waals surface area contributed by atoms with Gasteiger partial charge in [0.1, 0.15) is 6.54 Å². The lowest BCUT2D eigenvalue weighted by Crippen LogP contribution is -2.38. The first kappa shape index (κ1) is 20.4. The second-order valence-corrected chi connectivity index (χ2v) is 8.28. The lowest BCUT2D eigenvalue weighted by Gasteiger charge is -2.23. The minimum Gasteiger partial charge on any atom is -0.324 e. The van der Waals surface area contributed by atoms with Crippen molar-refractivity contribution in [2.75, 3.05) is 22.4 Å². The van der Waals surface area contributed by atoms with Gasteiger partial charge in [-0.25, -0.2) is 8.42 Å². The molecule has 1 N–H and O–H groups in total. The minimum atomic E-state index is -3.84. The first-order valence-electron chi connectivity index (χ1n) is 8.09. The van der Waals surface area contributed by atoms with E-state index in [4.69, 9.17) is 0 Å². The van der Waals surface area contributed by atoms with Crippen LogP contribution in [0.25, 0.3) is 0 Å². The van der Waals surface area contributed by atoms with Crippen LogP contribution in [0.1, 0.15) is 16.7 Å². The van der Waals surface area contributed by atoms with Crippen molar-refractivity contribution in [3.8, 4) is 0 Å². The number of nitro groups is 1. The van der Waals surface area contributed by atoms with Crippen molar-refractivity contribution in [3.05, 3.63) is 63.2 Å². The average Bonchev–Trinajstić information content (AvgIpc) is 2.50. The van der Waals surface area contributed by atoms with E-state index in [0.29, 0.717) is 5.69 Å². The summed E-state index contributed by atoms with van der Waals surface area (Å²) >= 11 is 0. The van der Waals surface area contributed by atoms with Gasteiger partial charge in [-0.1, -0.05) is 12.1 Å². The summed E-state index contributed by atoms with van der Waals surface area (Å²) in [5, 5.41) is 13.8. The van der Waals surface area contributed by atoms with Crippen LogP contribution >= 0.6 is 0 Å². The monoisotopic (exact) mass is 391 g/mol. The third-order valence-electron chi connectivity index (χ3n) is 3.93. The van der Waals surface area contributed by atoms with Gasteiger partial charge < -0.3 is 5.32 Å². The summed E-state index contributed by atoms with van der Waals surface area (Å²) in [6.07, 6.45) is 0.954. The maximum absolute atomic E-state index is 12.4. The van der Waals surface area contributed by atoms with E-state index in [-0.39, 0.29) is 16.9 Å². The number of aryl methyl sites for hydroxylation is 2. The molecule has 0 aliphatic carbocycles. The van der Waals surface area contributed by atoms with Gasteiger partial charge in [-0.05, 0) is 50.1 Å². The molecule has 0 aromatic heterocycles. The van der Waals surface area contributed by atoms with Gasteiger partial charge in [0.15, 0.2) is 0 Å². The Balaban J connectivity index is 2.35. The van der Waals surface area contributed by atoms with Crippen molar-refractivity contribution in [3.63, 3.8) is 0 Å². The molecule has 144 valence electrons. The number of amides is 1. The van der Waals surface area contributed by atoms with Crippen LogP contribution in [-0.2, 0) is 14.8 Å². The standard InChI is InChI=1S/C18H21N3O5S/c1-12-8-13(2)10-15(9-12)19-18(22)11-20(27(4,25)26)16-6-5-7-17(14(16)3)21(23)24/h5-10H,11H2,1-4H3,(H,19,22). The Morgan fingerprint density at radius 2 is 1.74 bits per heavy atom. The molecule has 0 spiro atoms. The summed E-state index contributed by atoms with van der Waals surface area (Å²) in [6, 6.07) is 9.61. The fourth-order valence-electron chi connectivity index (χ4n) is 2.84. The van der Waals surface area contributed by atoms with Crippen LogP contribution in [0, 0.1) is 30.9 Å². The highest BCUT2D eigenvalue weighted by Crippen LogP contribution is 2.29. The Bertz CT molecular complexity index is 982. The van der Waals surface area contributed by atoms with Gasteiger partial charge in [0.25, 0.3) is 5.69 Å². The number of carbonyl (C=O) groups is 1. The first-order valence-corrected chi connectivity index (χ1v) is 9.93. The highest BCUT2D eigenvalue weighted by molar-refractivity contribution is 7.92. The minimum absolute atomic E-state index is 0.0993. The van der Waals surface area contributed by atoms with E-state index in [9.17, 15) is 23.3 Å². The van der Waals surface area contributed by atoms with E-state index in [1.54, 1.807) is 12.1 Å². The van der Waals surface area contributed by atoms with Crippen molar-refractivity contribution < 1.29 is 18.1 Å². The maximum Gasteiger partial charge on any atom is 0.274 e. The Kier molecular flexibility index (Phi) is 5.85. The summed E-state index contributed by atoms with van der Waals surface area (Å²) in [5.74, 6) is -0.545. The number of nitro benzene ring substituents is 1. The van der Waals surface area contributed by atoms with Crippen LogP contribution in [0.15, 0.2) is 36.4 Å². The Morgan fingerprint density at radius 3 is 2.26 bits per heavy atom. The number of nitrogens with one attached hydrogen (secondary N) is 1. The lowest BCUT2D eigenvalue weighted by molar-refractivity contribution is -0.385. The molecule has 0 saturated carbocycles. The molecule has 2 rings (SSSR count). The molecule has 0 saturated heterocycles. The zero-order valence-corrected chi connectivity index (χ0v) is 16.3. The van der Waals surface area contributed by atoms with Crippen molar-refractivity contribution in [1.29, 1.82) is 0 Å². The van der Waals surface area contributed by atoms with E-state index in [2.05, 4.69) is 5.32 Å². The number of anilines is 2. The van der Waals surface area contributed by atoms with Crippen molar-refractivity contribution >= 4 is 33.0 Å². The molecule has 1 amide bonds. The Labute approximate surface area is 158 Å². The molecule has 9 heteroatoms. The number of benzene rings is 2. The van der Waals surface area contributed by atoms with Gasteiger partial charge in [-0.3, -0.25) is 19.2 Å². The second kappa shape index (κ2) is 7.75. The SMILES string of the molecule is Cc1cc(C)cc(NC(=O)CN(c2cccc([N+](=O)[O-])c2C)S(C)(=O)=O)c1. The highest BCUT2D eigenvalue weighted by Gasteiger charge is 2.25. The van der Waals surface area contributed by atoms with E-state index >= 15 is 0 Å². The van der Waals surface area contributed by atoms with Crippen molar-refractivity contribution in [1.82, 2.24) is 0 Å². The van der Waals surface area contributed by atoms with E-state index in [1.807, 2.05) is 19.9 Å². The smallest absolute Gasteiger partial charge is 0.274 e. The average molecular weight is 391 g/mol. The molecule has 0 fully saturated rings. The van der Waals surface area contributed by atoms with E-state index in [0.717, 1.165) is 21.7 Å². The number of nitrogens with zero attached hydrogens (tertiary/aromatic N) is 2. The molecule has 0 radical (unpaired) electrons. The van der Waals surface area contributed by atoms with Crippen LogP contribution in [0.2, 0.25) is 0 Å². The van der Waals surface area contributed by atoms with Gasteiger partial charge in [-0.2, -0.15) is 0 Å². The molecule has 2 aromatic carbocycles. The number of hydrogen-bond donors (Lipinski definition) is 1. The van der Waals surface area contributed by atoms with Gasteiger partial charge in [-0.15, -0.1) is 0 Å². The van der Waals surface area contributed by atoms with Gasteiger partial charge >= 0.3 is 0 Å². The fraction of sp³-hybridized carbons (Fsp3) is 0.278. The van der Waals surface area contributed by atoms with Gasteiger partial charge in [0.05, 0.1) is 22.4 Å². The van der Waals surface area contributed by atoms with Crippen molar-refractivity contribution in [2.24, 2.45) is 0 Å². The summed E-state index contributed by atoms with van der Waals surface area (Å²) in [6.45, 7) is 4.73. The molecular formula is C18H21N3O5S. The molecule has 0 unspecified atom stereocenters. The second-order valence-electron chi connectivity index (χ2n) is 6.37. The van der Waals surface area contributed by atoms with Crippen LogP contribution in [0.4, 0.5) is 17.1 Å². The summed E-state index contributed by atoms with van der Waals surface area (Å²) in [7, 11) is -3.84. The molecule has 0 heterocycles. The molecular weight excluding hydrogens is 370 g/mol. The van der Waals surface area contributed by atoms with Gasteiger partial charge in [0, 0.05) is 11.8 Å². The number of hydrogen-bond acceptors (Lipinski definition) is 5. The van der Waals surface area contributed by atoms with Crippen LogP contribution in [-0.4, -0.2) is 32.0 Å². The largest absolute Gasteiger partial charge is 0.324 e. The zero-order valence-electron chi connectivity index (χ0n) is 15.5. The summed E-state index contributed by atoms with van der Waals surface area (Å²) < 4.78 is 25.3. The normalized spacial score (nSPS) is 11.1. The van der Waals surface area contributed by atoms with Crippen LogP contribution in [0.3, 0.4) is 0 Å². The maximum atomic E-state index is 12.4. The summed E-state index contributed by atoms with van der Waals surface area (Å²) in [4.78, 5) is 23.0. The topological polar surface area (TPSA) is 110 Å². The number of carbonyl (C=O) groups excluding carboxylic acids is 1. The van der Waals surface area contributed by atoms with E-state index in [1.165, 1.54) is 25.1 Å². The zero-order chi connectivity index (χ0) is 20.4.